The molecule has 3 heterocycles. The largest absolute Gasteiger partial charge is 0.391 e. The van der Waals surface area contributed by atoms with Crippen molar-refractivity contribution in [2.75, 3.05) is 36.0 Å². The highest BCUT2D eigenvalue weighted by Crippen LogP contribution is 2.23. The van der Waals surface area contributed by atoms with E-state index >= 15 is 0 Å². The Labute approximate surface area is 107 Å². The summed E-state index contributed by atoms with van der Waals surface area (Å²) < 4.78 is 0. The van der Waals surface area contributed by atoms with E-state index in [4.69, 9.17) is 0 Å². The summed E-state index contributed by atoms with van der Waals surface area (Å²) in [7, 11) is 0. The Hall–Kier alpha value is -1.36. The van der Waals surface area contributed by atoms with Crippen LogP contribution in [0.4, 0.5) is 11.6 Å². The smallest absolute Gasteiger partial charge is 0.134 e. The second-order valence-electron chi connectivity index (χ2n) is 5.17. The van der Waals surface area contributed by atoms with Gasteiger partial charge in [0.2, 0.25) is 0 Å². The molecule has 0 amide bonds. The lowest BCUT2D eigenvalue weighted by atomic mass is 10.1. The van der Waals surface area contributed by atoms with Crippen LogP contribution in [0.3, 0.4) is 0 Å². The highest BCUT2D eigenvalue weighted by Gasteiger charge is 2.22. The van der Waals surface area contributed by atoms with Gasteiger partial charge in [0.1, 0.15) is 18.0 Å². The predicted octanol–water partition coefficient (Wildman–Crippen LogP) is 1.04. The molecule has 0 bridgehead atoms. The van der Waals surface area contributed by atoms with Crippen molar-refractivity contribution < 1.29 is 5.11 Å². The third kappa shape index (κ3) is 2.41. The Morgan fingerprint density at radius 3 is 2.39 bits per heavy atom. The number of rotatable bonds is 2. The van der Waals surface area contributed by atoms with Gasteiger partial charge < -0.3 is 14.9 Å². The summed E-state index contributed by atoms with van der Waals surface area (Å²) in [4.78, 5) is 13.2. The molecule has 5 heteroatoms. The maximum absolute atomic E-state index is 9.58. The number of aromatic nitrogens is 2. The summed E-state index contributed by atoms with van der Waals surface area (Å²) in [6.07, 6.45) is 6.10. The van der Waals surface area contributed by atoms with E-state index in [2.05, 4.69) is 25.8 Å². The molecule has 0 unspecified atom stereocenters. The maximum atomic E-state index is 9.58. The van der Waals surface area contributed by atoms with Crippen molar-refractivity contribution >= 4 is 11.6 Å². The Kier molecular flexibility index (Phi) is 3.32. The lowest BCUT2D eigenvalue weighted by molar-refractivity contribution is 0.198. The zero-order valence-electron chi connectivity index (χ0n) is 10.6. The minimum atomic E-state index is -0.210. The van der Waals surface area contributed by atoms with Gasteiger partial charge in [-0.25, -0.2) is 9.97 Å². The molecule has 2 saturated heterocycles. The summed E-state index contributed by atoms with van der Waals surface area (Å²) in [6, 6.07) is 2.06. The Balaban J connectivity index is 1.76. The molecule has 1 aromatic rings. The number of hydrogen-bond donors (Lipinski definition) is 1. The Bertz CT molecular complexity index is 386. The first-order valence-corrected chi connectivity index (χ1v) is 6.83. The maximum Gasteiger partial charge on any atom is 0.134 e. The van der Waals surface area contributed by atoms with E-state index in [0.717, 1.165) is 37.7 Å². The number of piperidine rings is 1. The van der Waals surface area contributed by atoms with Crippen LogP contribution in [0.1, 0.15) is 25.7 Å². The van der Waals surface area contributed by atoms with Crippen molar-refractivity contribution in [2.24, 2.45) is 0 Å². The summed E-state index contributed by atoms with van der Waals surface area (Å²) in [5.74, 6) is 1.98. The van der Waals surface area contributed by atoms with Gasteiger partial charge >= 0.3 is 0 Å². The van der Waals surface area contributed by atoms with Crippen molar-refractivity contribution in [1.29, 1.82) is 0 Å². The normalized spacial score (nSPS) is 24.6. The van der Waals surface area contributed by atoms with Crippen LogP contribution < -0.4 is 9.80 Å². The van der Waals surface area contributed by atoms with Crippen molar-refractivity contribution in [3.63, 3.8) is 0 Å². The van der Waals surface area contributed by atoms with Gasteiger partial charge in [0.25, 0.3) is 0 Å². The molecule has 2 fully saturated rings. The van der Waals surface area contributed by atoms with Crippen molar-refractivity contribution in [3.8, 4) is 0 Å². The number of aliphatic hydroxyl groups excluding tert-OH is 1. The second-order valence-corrected chi connectivity index (χ2v) is 5.17. The lowest BCUT2D eigenvalue weighted by Crippen LogP contribution is -2.30. The number of β-amino-alcohol motifs (C(OH)–C–C–N with tert-alkyl or cyclic N) is 1. The van der Waals surface area contributed by atoms with Crippen LogP contribution in [0.25, 0.3) is 0 Å². The van der Waals surface area contributed by atoms with E-state index < -0.39 is 0 Å². The minimum Gasteiger partial charge on any atom is -0.391 e. The first kappa shape index (κ1) is 11.7. The Morgan fingerprint density at radius 2 is 1.72 bits per heavy atom. The standard InChI is InChI=1S/C13H20N4O/c18-11-4-7-17(9-11)13-8-12(14-10-15-13)16-5-2-1-3-6-16/h8,10-11,18H,1-7,9H2/t11-/m0/s1. The van der Waals surface area contributed by atoms with Gasteiger partial charge in [0, 0.05) is 32.2 Å². The van der Waals surface area contributed by atoms with Crippen LogP contribution in [0.15, 0.2) is 12.4 Å². The van der Waals surface area contributed by atoms with E-state index in [-0.39, 0.29) is 6.10 Å². The number of anilines is 2. The van der Waals surface area contributed by atoms with Crippen LogP contribution in [0, 0.1) is 0 Å². The van der Waals surface area contributed by atoms with E-state index in [1.807, 2.05) is 0 Å². The average Bonchev–Trinajstić information content (AvgIpc) is 2.87. The van der Waals surface area contributed by atoms with Gasteiger partial charge in [-0.1, -0.05) is 0 Å². The second kappa shape index (κ2) is 5.10. The highest BCUT2D eigenvalue weighted by atomic mass is 16.3. The molecule has 1 atom stereocenters. The monoisotopic (exact) mass is 248 g/mol. The highest BCUT2D eigenvalue weighted by molar-refractivity contribution is 5.50. The molecule has 1 aromatic heterocycles. The molecule has 0 saturated carbocycles. The van der Waals surface area contributed by atoms with Gasteiger partial charge in [-0.2, -0.15) is 0 Å². The molecule has 0 aliphatic carbocycles. The fourth-order valence-electron chi connectivity index (χ4n) is 2.76. The molecule has 0 aromatic carbocycles. The van der Waals surface area contributed by atoms with Gasteiger partial charge in [-0.3, -0.25) is 0 Å². The molecular formula is C13H20N4O. The van der Waals surface area contributed by atoms with E-state index in [9.17, 15) is 5.11 Å². The van der Waals surface area contributed by atoms with Crippen molar-refractivity contribution in [3.05, 3.63) is 12.4 Å². The van der Waals surface area contributed by atoms with Crippen LogP contribution >= 0.6 is 0 Å². The first-order chi connectivity index (χ1) is 8.83. The summed E-state index contributed by atoms with van der Waals surface area (Å²) in [5, 5.41) is 9.58. The molecule has 5 nitrogen and oxygen atoms in total. The summed E-state index contributed by atoms with van der Waals surface area (Å²) in [5.41, 5.74) is 0. The topological polar surface area (TPSA) is 52.5 Å². The molecule has 0 spiro atoms. The molecule has 18 heavy (non-hydrogen) atoms. The molecular weight excluding hydrogens is 228 g/mol. The van der Waals surface area contributed by atoms with E-state index in [0.29, 0.717) is 6.54 Å². The summed E-state index contributed by atoms with van der Waals surface area (Å²) >= 11 is 0. The number of hydrogen-bond acceptors (Lipinski definition) is 5. The quantitative estimate of drug-likeness (QED) is 0.847. The van der Waals surface area contributed by atoms with Gasteiger partial charge in [-0.15, -0.1) is 0 Å². The SMILES string of the molecule is O[C@H]1CCN(c2cc(N3CCCCC3)ncn2)C1. The van der Waals surface area contributed by atoms with Crippen LogP contribution in [0.5, 0.6) is 0 Å². The van der Waals surface area contributed by atoms with Crippen LogP contribution in [0.2, 0.25) is 0 Å². The average molecular weight is 248 g/mol. The third-order valence-electron chi connectivity index (χ3n) is 3.81. The van der Waals surface area contributed by atoms with Crippen LogP contribution in [-0.4, -0.2) is 47.4 Å². The first-order valence-electron chi connectivity index (χ1n) is 6.83. The molecule has 0 radical (unpaired) electrons. The zero-order chi connectivity index (χ0) is 12.4. The molecule has 2 aliphatic rings. The van der Waals surface area contributed by atoms with Gasteiger partial charge in [-0.05, 0) is 25.7 Å². The number of nitrogens with zero attached hydrogens (tertiary/aromatic N) is 4. The molecule has 98 valence electrons. The zero-order valence-corrected chi connectivity index (χ0v) is 10.6. The van der Waals surface area contributed by atoms with E-state index in [1.165, 1.54) is 19.3 Å². The van der Waals surface area contributed by atoms with Gasteiger partial charge in [0.05, 0.1) is 6.10 Å². The fourth-order valence-corrected chi connectivity index (χ4v) is 2.76. The van der Waals surface area contributed by atoms with Gasteiger partial charge in [0.15, 0.2) is 0 Å². The lowest BCUT2D eigenvalue weighted by Gasteiger charge is -2.28. The van der Waals surface area contributed by atoms with Crippen molar-refractivity contribution in [1.82, 2.24) is 9.97 Å². The third-order valence-corrected chi connectivity index (χ3v) is 3.81. The predicted molar refractivity (Wildman–Crippen MR) is 70.9 cm³/mol. The molecule has 2 aliphatic heterocycles. The summed E-state index contributed by atoms with van der Waals surface area (Å²) in [6.45, 7) is 3.77. The van der Waals surface area contributed by atoms with Crippen LogP contribution in [-0.2, 0) is 0 Å². The van der Waals surface area contributed by atoms with Crippen molar-refractivity contribution in [2.45, 2.75) is 31.8 Å². The number of aliphatic hydroxyl groups is 1. The molecule has 1 N–H and O–H groups in total. The minimum absolute atomic E-state index is 0.210. The Morgan fingerprint density at radius 1 is 1.00 bits per heavy atom. The van der Waals surface area contributed by atoms with E-state index in [1.54, 1.807) is 6.33 Å². The molecule has 3 rings (SSSR count). The fraction of sp³-hybridized carbons (Fsp3) is 0.692.